The fourth-order valence-corrected chi connectivity index (χ4v) is 5.07. The Bertz CT molecular complexity index is 1510. The van der Waals surface area contributed by atoms with Crippen molar-refractivity contribution < 1.29 is 19.4 Å². The van der Waals surface area contributed by atoms with Crippen LogP contribution < -0.4 is 9.47 Å². The van der Waals surface area contributed by atoms with E-state index in [1.54, 1.807) is 19.2 Å². The molecule has 1 aliphatic rings. The molecule has 1 heterocycles. The van der Waals surface area contributed by atoms with Crippen LogP contribution >= 0.6 is 23.2 Å². The summed E-state index contributed by atoms with van der Waals surface area (Å²) in [6.45, 7) is 0.273. The van der Waals surface area contributed by atoms with Crippen LogP contribution in [0.25, 0.3) is 22.6 Å². The van der Waals surface area contributed by atoms with Crippen LogP contribution in [-0.2, 0) is 13.0 Å². The third-order valence-corrected chi connectivity index (χ3v) is 6.90. The summed E-state index contributed by atoms with van der Waals surface area (Å²) in [5.74, 6) is 0.255. The molecule has 1 aromatic heterocycles. The number of carboxylic acids is 1. The molecule has 7 heteroatoms. The van der Waals surface area contributed by atoms with Crippen molar-refractivity contribution >= 4 is 51.7 Å². The number of hydrogen-bond acceptors (Lipinski definition) is 4. The summed E-state index contributed by atoms with van der Waals surface area (Å²) in [5, 5.41) is 11.8. The molecule has 0 amide bonds. The van der Waals surface area contributed by atoms with E-state index in [2.05, 4.69) is 0 Å². The van der Waals surface area contributed by atoms with Gasteiger partial charge in [0.05, 0.1) is 23.9 Å². The Hall–Kier alpha value is -3.54. The fourth-order valence-electron chi connectivity index (χ4n) is 4.61. The van der Waals surface area contributed by atoms with Gasteiger partial charge in [0.2, 0.25) is 0 Å². The Labute approximate surface area is 218 Å². The first-order valence-corrected chi connectivity index (χ1v) is 12.3. The zero-order chi connectivity index (χ0) is 25.2. The number of benzene rings is 3. The van der Waals surface area contributed by atoms with E-state index in [1.165, 1.54) is 0 Å². The van der Waals surface area contributed by atoms with Crippen molar-refractivity contribution in [2.45, 2.75) is 25.9 Å². The van der Waals surface area contributed by atoms with Crippen LogP contribution in [0.1, 0.15) is 45.6 Å². The van der Waals surface area contributed by atoms with Gasteiger partial charge in [0.15, 0.2) is 11.5 Å². The first-order valence-electron chi connectivity index (χ1n) is 11.5. The Morgan fingerprint density at radius 3 is 2.67 bits per heavy atom. The average Bonchev–Trinajstić information content (AvgIpc) is 2.87. The second kappa shape index (κ2) is 10.2. The Morgan fingerprint density at radius 2 is 1.89 bits per heavy atom. The molecule has 4 aromatic rings. The molecule has 36 heavy (non-hydrogen) atoms. The van der Waals surface area contributed by atoms with E-state index in [-0.39, 0.29) is 6.61 Å². The molecule has 5 nitrogen and oxygen atoms in total. The van der Waals surface area contributed by atoms with E-state index in [4.69, 9.17) is 37.7 Å². The number of nitrogens with zero attached hydrogens (tertiary/aromatic N) is 1. The van der Waals surface area contributed by atoms with Crippen molar-refractivity contribution in [1.82, 2.24) is 4.98 Å². The Kier molecular flexibility index (Phi) is 6.86. The number of carbonyl (C=O) groups is 1. The molecule has 0 saturated carbocycles. The number of rotatable bonds is 6. The number of carboxylic acid groups (broad SMARTS) is 1. The standard InChI is InChI=1S/C29H23Cl2NO4/c1-35-26-14-17(9-12-25(26)36-16-19-10-11-20(30)15-23(19)31)13-18-5-4-7-22-27(29(33)34)21-6-2-3-8-24(21)32-28(18)22/h2-3,6,8-15H,4-5,7,16H2,1H3,(H,33,34)/b18-13-. The van der Waals surface area contributed by atoms with Gasteiger partial charge in [-0.25, -0.2) is 9.78 Å². The molecular formula is C29H23Cl2NO4. The van der Waals surface area contributed by atoms with E-state index in [0.717, 1.165) is 40.8 Å². The van der Waals surface area contributed by atoms with E-state index in [9.17, 15) is 9.90 Å². The van der Waals surface area contributed by atoms with E-state index < -0.39 is 5.97 Å². The van der Waals surface area contributed by atoms with Crippen LogP contribution in [0.5, 0.6) is 11.5 Å². The summed E-state index contributed by atoms with van der Waals surface area (Å²) in [6.07, 6.45) is 4.41. The van der Waals surface area contributed by atoms with Gasteiger partial charge in [-0.15, -0.1) is 0 Å². The third kappa shape index (κ3) is 4.77. The van der Waals surface area contributed by atoms with Gasteiger partial charge in [-0.1, -0.05) is 53.5 Å². The van der Waals surface area contributed by atoms with Crippen molar-refractivity contribution in [3.8, 4) is 11.5 Å². The van der Waals surface area contributed by atoms with Crippen molar-refractivity contribution in [3.63, 3.8) is 0 Å². The molecule has 1 aliphatic carbocycles. The summed E-state index contributed by atoms with van der Waals surface area (Å²) < 4.78 is 11.6. The van der Waals surface area contributed by atoms with Gasteiger partial charge in [-0.2, -0.15) is 0 Å². The van der Waals surface area contributed by atoms with E-state index in [0.29, 0.717) is 44.4 Å². The lowest BCUT2D eigenvalue weighted by Gasteiger charge is -2.21. The molecule has 1 N–H and O–H groups in total. The van der Waals surface area contributed by atoms with Gasteiger partial charge < -0.3 is 14.6 Å². The molecule has 182 valence electrons. The van der Waals surface area contributed by atoms with Gasteiger partial charge in [0.25, 0.3) is 0 Å². The number of ether oxygens (including phenoxy) is 2. The van der Waals surface area contributed by atoms with Crippen LogP contribution in [0.4, 0.5) is 0 Å². The quantitative estimate of drug-likeness (QED) is 0.282. The summed E-state index contributed by atoms with van der Waals surface area (Å²) >= 11 is 12.2. The second-order valence-corrected chi connectivity index (χ2v) is 9.44. The zero-order valence-corrected chi connectivity index (χ0v) is 21.1. The molecule has 0 saturated heterocycles. The normalized spacial score (nSPS) is 14.0. The highest BCUT2D eigenvalue weighted by Crippen LogP contribution is 2.37. The van der Waals surface area contributed by atoms with Crippen LogP contribution in [0.3, 0.4) is 0 Å². The van der Waals surface area contributed by atoms with Crippen LogP contribution in [-0.4, -0.2) is 23.2 Å². The first kappa shape index (κ1) is 24.2. The third-order valence-electron chi connectivity index (χ3n) is 6.31. The lowest BCUT2D eigenvalue weighted by molar-refractivity contribution is 0.0697. The van der Waals surface area contributed by atoms with Crippen molar-refractivity contribution in [2.75, 3.05) is 7.11 Å². The number of allylic oxidation sites excluding steroid dienone is 1. The van der Waals surface area contributed by atoms with Gasteiger partial charge in [-0.05, 0) is 72.4 Å². The van der Waals surface area contributed by atoms with Crippen molar-refractivity contribution in [2.24, 2.45) is 0 Å². The molecule has 5 rings (SSSR count). The van der Waals surface area contributed by atoms with Crippen molar-refractivity contribution in [1.29, 1.82) is 0 Å². The number of hydrogen-bond donors (Lipinski definition) is 1. The van der Waals surface area contributed by atoms with E-state index in [1.807, 2.05) is 54.6 Å². The lowest BCUT2D eigenvalue weighted by atomic mass is 9.86. The molecule has 0 bridgehead atoms. The molecular weight excluding hydrogens is 497 g/mol. The number of fused-ring (bicyclic) bond motifs is 2. The fraction of sp³-hybridized carbons (Fsp3) is 0.172. The number of aromatic carboxylic acids is 1. The topological polar surface area (TPSA) is 68.7 Å². The smallest absolute Gasteiger partial charge is 0.336 e. The second-order valence-electron chi connectivity index (χ2n) is 8.59. The number of para-hydroxylation sites is 1. The number of aromatic nitrogens is 1. The van der Waals surface area contributed by atoms with Gasteiger partial charge in [0, 0.05) is 21.0 Å². The monoisotopic (exact) mass is 519 g/mol. The minimum absolute atomic E-state index is 0.273. The number of pyridine rings is 1. The summed E-state index contributed by atoms with van der Waals surface area (Å²) in [4.78, 5) is 17.0. The molecule has 0 atom stereocenters. The van der Waals surface area contributed by atoms with Crippen LogP contribution in [0.2, 0.25) is 10.0 Å². The largest absolute Gasteiger partial charge is 0.493 e. The Balaban J connectivity index is 1.48. The maximum atomic E-state index is 12.2. The summed E-state index contributed by atoms with van der Waals surface area (Å²) in [5.41, 5.74) is 5.33. The molecule has 0 fully saturated rings. The first-order chi connectivity index (χ1) is 17.4. The molecule has 0 spiro atoms. The predicted molar refractivity (Wildman–Crippen MR) is 143 cm³/mol. The van der Waals surface area contributed by atoms with Crippen molar-refractivity contribution in [3.05, 3.63) is 98.7 Å². The van der Waals surface area contributed by atoms with Gasteiger partial charge in [-0.3, -0.25) is 0 Å². The summed E-state index contributed by atoms with van der Waals surface area (Å²) in [6, 6.07) is 18.4. The van der Waals surface area contributed by atoms with Gasteiger partial charge >= 0.3 is 5.97 Å². The summed E-state index contributed by atoms with van der Waals surface area (Å²) in [7, 11) is 1.59. The lowest BCUT2D eigenvalue weighted by Crippen LogP contribution is -2.13. The molecule has 0 aliphatic heterocycles. The van der Waals surface area contributed by atoms with Crippen LogP contribution in [0.15, 0.2) is 60.7 Å². The SMILES string of the molecule is COc1cc(/C=C2/CCCc3c2nc2ccccc2c3C(=O)O)ccc1OCc1ccc(Cl)cc1Cl. The van der Waals surface area contributed by atoms with Crippen LogP contribution in [0, 0.1) is 0 Å². The molecule has 0 radical (unpaired) electrons. The maximum absolute atomic E-state index is 12.2. The Morgan fingerprint density at radius 1 is 1.06 bits per heavy atom. The number of halogens is 2. The minimum Gasteiger partial charge on any atom is -0.493 e. The molecule has 0 unspecified atom stereocenters. The van der Waals surface area contributed by atoms with Gasteiger partial charge in [0.1, 0.15) is 6.61 Å². The minimum atomic E-state index is -0.921. The highest BCUT2D eigenvalue weighted by molar-refractivity contribution is 6.35. The highest BCUT2D eigenvalue weighted by Gasteiger charge is 2.24. The molecule has 3 aromatic carbocycles. The van der Waals surface area contributed by atoms with E-state index >= 15 is 0 Å². The number of methoxy groups -OCH3 is 1. The average molecular weight is 520 g/mol. The predicted octanol–water partition coefficient (Wildman–Crippen LogP) is 7.70. The highest BCUT2D eigenvalue weighted by atomic mass is 35.5. The zero-order valence-electron chi connectivity index (χ0n) is 19.6. The maximum Gasteiger partial charge on any atom is 0.336 e.